The van der Waals surface area contributed by atoms with Gasteiger partial charge in [0.05, 0.1) is 0 Å². The summed E-state index contributed by atoms with van der Waals surface area (Å²) in [4.78, 5) is 24.3. The van der Waals surface area contributed by atoms with E-state index in [0.717, 1.165) is 0 Å². The molecule has 1 aromatic rings. The quantitative estimate of drug-likeness (QED) is 0.610. The number of hydrazine groups is 1. The fourth-order valence-corrected chi connectivity index (χ4v) is 1.80. The second kappa shape index (κ2) is 7.28. The summed E-state index contributed by atoms with van der Waals surface area (Å²) in [5, 5.41) is 5.39. The second-order valence-electron chi connectivity index (χ2n) is 4.88. The average molecular weight is 298 g/mol. The third kappa shape index (κ3) is 4.84. The molecule has 0 saturated heterocycles. The SMILES string of the molecule is CSc1nc(NC(C)C)nc(N(NC(C)=O)C(C)C)n1. The van der Waals surface area contributed by atoms with Gasteiger partial charge in [0.2, 0.25) is 11.9 Å². The molecule has 0 unspecified atom stereocenters. The van der Waals surface area contributed by atoms with Crippen molar-refractivity contribution in [2.24, 2.45) is 0 Å². The summed E-state index contributed by atoms with van der Waals surface area (Å²) in [6.45, 7) is 9.38. The van der Waals surface area contributed by atoms with Gasteiger partial charge in [0.15, 0.2) is 5.16 Å². The molecule has 1 aromatic heterocycles. The van der Waals surface area contributed by atoms with Crippen molar-refractivity contribution in [1.29, 1.82) is 0 Å². The molecule has 7 nitrogen and oxygen atoms in total. The first-order chi connectivity index (χ1) is 9.33. The molecule has 0 spiro atoms. The smallest absolute Gasteiger partial charge is 0.250 e. The van der Waals surface area contributed by atoms with E-state index in [0.29, 0.717) is 17.1 Å². The Labute approximate surface area is 123 Å². The van der Waals surface area contributed by atoms with Gasteiger partial charge in [-0.25, -0.2) is 5.01 Å². The highest BCUT2D eigenvalue weighted by molar-refractivity contribution is 7.98. The Bertz CT molecular complexity index is 465. The third-order valence-corrected chi connectivity index (χ3v) is 2.76. The largest absolute Gasteiger partial charge is 0.352 e. The van der Waals surface area contributed by atoms with Crippen LogP contribution >= 0.6 is 11.8 Å². The fourth-order valence-electron chi connectivity index (χ4n) is 1.45. The van der Waals surface area contributed by atoms with E-state index >= 15 is 0 Å². The van der Waals surface area contributed by atoms with Crippen molar-refractivity contribution in [2.75, 3.05) is 16.6 Å². The van der Waals surface area contributed by atoms with Crippen molar-refractivity contribution < 1.29 is 4.79 Å². The van der Waals surface area contributed by atoms with Crippen LogP contribution in [0.25, 0.3) is 0 Å². The molecule has 112 valence electrons. The summed E-state index contributed by atoms with van der Waals surface area (Å²) in [5.41, 5.74) is 2.73. The van der Waals surface area contributed by atoms with Crippen LogP contribution in [0.5, 0.6) is 0 Å². The Morgan fingerprint density at radius 2 is 1.85 bits per heavy atom. The standard InChI is InChI=1S/C12H22N6OS/c1-7(2)13-10-14-11(16-12(15-10)20-6)18(8(3)4)17-9(5)19/h7-8H,1-6H3,(H,17,19)(H,13,14,15,16). The fraction of sp³-hybridized carbons (Fsp3) is 0.667. The molecule has 8 heteroatoms. The van der Waals surface area contributed by atoms with E-state index in [1.54, 1.807) is 5.01 Å². The van der Waals surface area contributed by atoms with Crippen LogP contribution in [0.3, 0.4) is 0 Å². The van der Waals surface area contributed by atoms with Gasteiger partial charge >= 0.3 is 0 Å². The Morgan fingerprint density at radius 3 is 2.30 bits per heavy atom. The van der Waals surface area contributed by atoms with Crippen molar-refractivity contribution in [2.45, 2.75) is 51.9 Å². The van der Waals surface area contributed by atoms with Gasteiger partial charge < -0.3 is 5.32 Å². The normalized spacial score (nSPS) is 10.8. The third-order valence-electron chi connectivity index (χ3n) is 2.21. The van der Waals surface area contributed by atoms with Gasteiger partial charge in [0.25, 0.3) is 5.95 Å². The molecule has 20 heavy (non-hydrogen) atoms. The molecule has 1 heterocycles. The van der Waals surface area contributed by atoms with Gasteiger partial charge in [0, 0.05) is 19.0 Å². The number of hydrogen-bond donors (Lipinski definition) is 2. The van der Waals surface area contributed by atoms with Crippen LogP contribution in [0.15, 0.2) is 5.16 Å². The highest BCUT2D eigenvalue weighted by Crippen LogP contribution is 2.17. The van der Waals surface area contributed by atoms with Gasteiger partial charge in [-0.1, -0.05) is 11.8 Å². The van der Waals surface area contributed by atoms with Crippen LogP contribution in [-0.2, 0) is 4.79 Å². The number of nitrogens with one attached hydrogen (secondary N) is 2. The maximum Gasteiger partial charge on any atom is 0.250 e. The number of thioether (sulfide) groups is 1. The molecule has 0 radical (unpaired) electrons. The molecular formula is C12H22N6OS. The maximum atomic E-state index is 11.3. The number of carbonyl (C=O) groups is 1. The Hall–Kier alpha value is -1.57. The van der Waals surface area contributed by atoms with Crippen LogP contribution in [0.4, 0.5) is 11.9 Å². The first-order valence-electron chi connectivity index (χ1n) is 6.46. The lowest BCUT2D eigenvalue weighted by Crippen LogP contribution is -2.47. The van der Waals surface area contributed by atoms with E-state index < -0.39 is 0 Å². The first kappa shape index (κ1) is 16.5. The number of anilines is 2. The van der Waals surface area contributed by atoms with Crippen LogP contribution < -0.4 is 15.8 Å². The summed E-state index contributed by atoms with van der Waals surface area (Å²) < 4.78 is 0. The molecule has 0 saturated carbocycles. The number of carbonyl (C=O) groups excluding carboxylic acids is 1. The molecule has 1 amide bonds. The summed E-state index contributed by atoms with van der Waals surface area (Å²) in [6.07, 6.45) is 1.90. The first-order valence-corrected chi connectivity index (χ1v) is 7.69. The minimum Gasteiger partial charge on any atom is -0.352 e. The van der Waals surface area contributed by atoms with Crippen LogP contribution in [0.2, 0.25) is 0 Å². The zero-order valence-electron chi connectivity index (χ0n) is 12.8. The van der Waals surface area contributed by atoms with Crippen LogP contribution in [-0.4, -0.2) is 39.2 Å². The van der Waals surface area contributed by atoms with Gasteiger partial charge in [-0.05, 0) is 34.0 Å². The van der Waals surface area contributed by atoms with Crippen LogP contribution in [0.1, 0.15) is 34.6 Å². The maximum absolute atomic E-state index is 11.3. The molecule has 0 fully saturated rings. The number of hydrogen-bond acceptors (Lipinski definition) is 7. The Balaban J connectivity index is 3.15. The molecule has 0 bridgehead atoms. The van der Waals surface area contributed by atoms with Crippen LogP contribution in [0, 0.1) is 0 Å². The Morgan fingerprint density at radius 1 is 1.20 bits per heavy atom. The van der Waals surface area contributed by atoms with Crippen molar-refractivity contribution in [3.63, 3.8) is 0 Å². The molecular weight excluding hydrogens is 276 g/mol. The summed E-state index contributed by atoms with van der Waals surface area (Å²) in [5.74, 6) is 0.770. The lowest BCUT2D eigenvalue weighted by Gasteiger charge is -2.26. The highest BCUT2D eigenvalue weighted by Gasteiger charge is 2.17. The summed E-state index contributed by atoms with van der Waals surface area (Å²) in [7, 11) is 0. The van der Waals surface area contributed by atoms with Gasteiger partial charge in [-0.3, -0.25) is 10.2 Å². The van der Waals surface area contributed by atoms with E-state index in [4.69, 9.17) is 0 Å². The Kier molecular flexibility index (Phi) is 6.00. The van der Waals surface area contributed by atoms with Crippen molar-refractivity contribution in [1.82, 2.24) is 20.4 Å². The number of aromatic nitrogens is 3. The zero-order chi connectivity index (χ0) is 15.3. The van der Waals surface area contributed by atoms with Gasteiger partial charge in [-0.15, -0.1) is 0 Å². The predicted molar refractivity (Wildman–Crippen MR) is 81.8 cm³/mol. The molecule has 0 aliphatic rings. The van der Waals surface area contributed by atoms with E-state index in [9.17, 15) is 4.79 Å². The monoisotopic (exact) mass is 298 g/mol. The molecule has 1 rings (SSSR count). The molecule has 0 atom stereocenters. The van der Waals surface area contributed by atoms with Crippen molar-refractivity contribution in [3.05, 3.63) is 0 Å². The summed E-state index contributed by atoms with van der Waals surface area (Å²) in [6, 6.07) is 0.246. The van der Waals surface area contributed by atoms with Gasteiger partial charge in [0.1, 0.15) is 0 Å². The number of nitrogens with zero attached hydrogens (tertiary/aromatic N) is 4. The van der Waals surface area contributed by atoms with E-state index in [2.05, 4.69) is 25.7 Å². The second-order valence-corrected chi connectivity index (χ2v) is 5.65. The minimum atomic E-state index is -0.164. The number of amides is 1. The molecule has 0 aliphatic carbocycles. The number of rotatable bonds is 6. The van der Waals surface area contributed by atoms with E-state index in [1.807, 2.05) is 34.0 Å². The lowest BCUT2D eigenvalue weighted by molar-refractivity contribution is -0.119. The van der Waals surface area contributed by atoms with E-state index in [-0.39, 0.29) is 18.0 Å². The average Bonchev–Trinajstić information content (AvgIpc) is 2.34. The van der Waals surface area contributed by atoms with Crippen molar-refractivity contribution >= 4 is 29.6 Å². The molecule has 0 aromatic carbocycles. The summed E-state index contributed by atoms with van der Waals surface area (Å²) >= 11 is 1.43. The van der Waals surface area contributed by atoms with Crippen molar-refractivity contribution in [3.8, 4) is 0 Å². The zero-order valence-corrected chi connectivity index (χ0v) is 13.6. The van der Waals surface area contributed by atoms with E-state index in [1.165, 1.54) is 18.7 Å². The lowest BCUT2D eigenvalue weighted by atomic mass is 10.4. The predicted octanol–water partition coefficient (Wildman–Crippen LogP) is 1.68. The van der Waals surface area contributed by atoms with Gasteiger partial charge in [-0.2, -0.15) is 15.0 Å². The minimum absolute atomic E-state index is 0.0305. The molecule has 2 N–H and O–H groups in total. The topological polar surface area (TPSA) is 83.0 Å². The molecule has 0 aliphatic heterocycles. The highest BCUT2D eigenvalue weighted by atomic mass is 32.2.